The number of esters is 1. The maximum Gasteiger partial charge on any atom is 1.00 e. The minimum Gasteiger partial charge on any atom is -0.748 e. The van der Waals surface area contributed by atoms with E-state index in [0.29, 0.717) is 37.7 Å². The number of aliphatic hydroxyl groups is 2. The molecule has 0 aromatic carbocycles. The van der Waals surface area contributed by atoms with Crippen molar-refractivity contribution in [3.05, 3.63) is 11.6 Å². The van der Waals surface area contributed by atoms with E-state index in [0.717, 1.165) is 0 Å². The Kier molecular flexibility index (Phi) is 6.19. The van der Waals surface area contributed by atoms with Crippen LogP contribution in [0.2, 0.25) is 0 Å². The number of cyclic esters (lactones) is 1. The third-order valence-electron chi connectivity index (χ3n) is 8.74. The molecule has 1 heterocycles. The predicted molar refractivity (Wildman–Crippen MR) is 98.9 cm³/mol. The van der Waals surface area contributed by atoms with Gasteiger partial charge in [0.05, 0.1) is 29.4 Å². The molecule has 2 N–H and O–H groups in total. The number of hydrogen-bond donors (Lipinski definition) is 2. The summed E-state index contributed by atoms with van der Waals surface area (Å²) in [6.07, 6.45) is 4.07. The molecule has 7 nitrogen and oxygen atoms in total. The van der Waals surface area contributed by atoms with Gasteiger partial charge in [-0.2, -0.15) is 0 Å². The minimum absolute atomic E-state index is 0. The van der Waals surface area contributed by atoms with Gasteiger partial charge in [-0.25, -0.2) is 13.2 Å². The van der Waals surface area contributed by atoms with E-state index in [2.05, 4.69) is 6.92 Å². The predicted octanol–water partition coefficient (Wildman–Crippen LogP) is -1.79. The summed E-state index contributed by atoms with van der Waals surface area (Å²) in [5, 5.41) is 20.8. The first-order chi connectivity index (χ1) is 13.0. The average Bonchev–Trinajstić information content (AvgIpc) is 2.99. The van der Waals surface area contributed by atoms with Gasteiger partial charge < -0.3 is 19.5 Å². The van der Waals surface area contributed by atoms with E-state index in [1.807, 2.05) is 13.0 Å². The molecule has 4 rings (SSSR count). The van der Waals surface area contributed by atoms with Crippen LogP contribution in [0.25, 0.3) is 0 Å². The summed E-state index contributed by atoms with van der Waals surface area (Å²) < 4.78 is 41.1. The van der Waals surface area contributed by atoms with E-state index in [1.54, 1.807) is 0 Å². The van der Waals surface area contributed by atoms with Gasteiger partial charge in [-0.3, -0.25) is 0 Å². The Balaban J connectivity index is 0.00000240. The first-order valence-electron chi connectivity index (χ1n) is 10.1. The molecule has 7 atom stereocenters. The molecule has 1 saturated heterocycles. The van der Waals surface area contributed by atoms with Crippen molar-refractivity contribution in [3.63, 3.8) is 0 Å². The maximum atomic E-state index is 12.2. The number of ether oxygens (including phenoxy) is 1. The van der Waals surface area contributed by atoms with Crippen LogP contribution in [0.1, 0.15) is 46.0 Å². The van der Waals surface area contributed by atoms with Crippen LogP contribution in [0.4, 0.5) is 0 Å². The molecule has 0 aromatic rings. The Bertz CT molecular complexity index is 827. The Labute approximate surface area is 194 Å². The molecule has 0 aromatic heterocycles. The van der Waals surface area contributed by atoms with Gasteiger partial charge in [0.2, 0.25) is 0 Å². The molecule has 3 unspecified atom stereocenters. The SMILES string of the molecule is C[C@@]12CC[C@@H](O)[C@@](C)(CO)C1CC[C@]1(CS(=O)(=O)[O-])C3COC(=O)C3=CCC21.[Na+]. The van der Waals surface area contributed by atoms with Gasteiger partial charge in [-0.15, -0.1) is 0 Å². The van der Waals surface area contributed by atoms with Gasteiger partial charge >= 0.3 is 35.5 Å². The van der Waals surface area contributed by atoms with Crippen molar-refractivity contribution in [2.75, 3.05) is 19.0 Å². The fourth-order valence-corrected chi connectivity index (χ4v) is 8.62. The van der Waals surface area contributed by atoms with Crippen molar-refractivity contribution in [2.45, 2.75) is 52.1 Å². The number of hydrogen-bond acceptors (Lipinski definition) is 7. The average molecular weight is 437 g/mol. The number of aliphatic hydroxyl groups excluding tert-OH is 2. The van der Waals surface area contributed by atoms with E-state index >= 15 is 0 Å². The van der Waals surface area contributed by atoms with Crippen molar-refractivity contribution in [3.8, 4) is 0 Å². The molecule has 3 aliphatic carbocycles. The number of fused-ring (bicyclic) bond motifs is 5. The molecule has 2 saturated carbocycles. The van der Waals surface area contributed by atoms with Crippen LogP contribution in [0, 0.1) is 34.0 Å². The van der Waals surface area contributed by atoms with E-state index in [1.165, 1.54) is 0 Å². The molecule has 29 heavy (non-hydrogen) atoms. The van der Waals surface area contributed by atoms with Crippen LogP contribution in [0.5, 0.6) is 0 Å². The second kappa shape index (κ2) is 7.57. The summed E-state index contributed by atoms with van der Waals surface area (Å²) in [5.41, 5.74) is -1.32. The fourth-order valence-electron chi connectivity index (χ4n) is 7.42. The first-order valence-corrected chi connectivity index (χ1v) is 11.7. The van der Waals surface area contributed by atoms with Crippen LogP contribution in [-0.4, -0.2) is 54.2 Å². The molecule has 3 fully saturated rings. The third kappa shape index (κ3) is 3.38. The standard InChI is InChI=1S/C20H30O7S.Na/c1-18-7-6-16(22)19(2,10-21)14(18)5-8-20(11-28(24,25)26)13-9-27-17(23)12(13)3-4-15(18)20;/h3,13-16,21-22H,4-11H2,1-2H3,(H,24,25,26);/q;+1/p-1/t13?,14?,15?,16-,18-,19+,20+;/m1./s1. The van der Waals surface area contributed by atoms with Crippen LogP contribution >= 0.6 is 0 Å². The third-order valence-corrected chi connectivity index (χ3v) is 9.64. The second-order valence-electron chi connectivity index (χ2n) is 9.85. The fraction of sp³-hybridized carbons (Fsp3) is 0.850. The monoisotopic (exact) mass is 436 g/mol. The van der Waals surface area contributed by atoms with Crippen LogP contribution < -0.4 is 29.6 Å². The van der Waals surface area contributed by atoms with Gasteiger partial charge in [0.15, 0.2) is 0 Å². The Morgan fingerprint density at radius 1 is 1.24 bits per heavy atom. The molecule has 4 aliphatic rings. The molecule has 0 spiro atoms. The minimum atomic E-state index is -4.51. The first kappa shape index (κ1) is 23.7. The van der Waals surface area contributed by atoms with Gasteiger partial charge in [-0.05, 0) is 54.8 Å². The summed E-state index contributed by atoms with van der Waals surface area (Å²) in [5.74, 6) is -1.40. The van der Waals surface area contributed by atoms with E-state index in [-0.39, 0.29) is 65.9 Å². The molecule has 0 bridgehead atoms. The Morgan fingerprint density at radius 2 is 1.93 bits per heavy atom. The van der Waals surface area contributed by atoms with Gasteiger partial charge in [0, 0.05) is 22.7 Å². The summed E-state index contributed by atoms with van der Waals surface area (Å²) in [6.45, 7) is 4.00. The molecule has 158 valence electrons. The summed E-state index contributed by atoms with van der Waals surface area (Å²) in [4.78, 5) is 12.2. The van der Waals surface area contributed by atoms with Crippen molar-refractivity contribution in [2.24, 2.45) is 34.0 Å². The van der Waals surface area contributed by atoms with Crippen molar-refractivity contribution in [1.29, 1.82) is 0 Å². The topological polar surface area (TPSA) is 124 Å². The van der Waals surface area contributed by atoms with Crippen molar-refractivity contribution >= 4 is 16.1 Å². The second-order valence-corrected chi connectivity index (χ2v) is 11.3. The van der Waals surface area contributed by atoms with Crippen LogP contribution in [0.3, 0.4) is 0 Å². The Morgan fingerprint density at radius 3 is 2.55 bits per heavy atom. The zero-order valence-corrected chi connectivity index (χ0v) is 20.2. The van der Waals surface area contributed by atoms with Crippen molar-refractivity contribution in [1.82, 2.24) is 0 Å². The summed E-state index contributed by atoms with van der Waals surface area (Å²) in [7, 11) is -4.51. The number of carbonyl (C=O) groups excluding carboxylic acids is 1. The van der Waals surface area contributed by atoms with E-state index in [4.69, 9.17) is 4.74 Å². The zero-order chi connectivity index (χ0) is 20.5. The summed E-state index contributed by atoms with van der Waals surface area (Å²) in [6, 6.07) is 0. The van der Waals surface area contributed by atoms with Gasteiger partial charge in [0.1, 0.15) is 0 Å². The molecule has 9 heteroatoms. The quantitative estimate of drug-likeness (QED) is 0.304. The normalized spacial score (nSPS) is 46.5. The van der Waals surface area contributed by atoms with Crippen LogP contribution in [-0.2, 0) is 19.6 Å². The Hall–Kier alpha value is 0.0400. The van der Waals surface area contributed by atoms with E-state index in [9.17, 15) is 28.0 Å². The zero-order valence-electron chi connectivity index (χ0n) is 17.4. The van der Waals surface area contributed by atoms with Crippen molar-refractivity contribution < 1.29 is 62.3 Å². The van der Waals surface area contributed by atoms with Gasteiger partial charge in [0.25, 0.3) is 0 Å². The summed E-state index contributed by atoms with van der Waals surface area (Å²) >= 11 is 0. The number of carbonyl (C=O) groups is 1. The van der Waals surface area contributed by atoms with E-state index < -0.39 is 38.8 Å². The maximum absolute atomic E-state index is 12.2. The largest absolute Gasteiger partial charge is 1.00 e. The molecule has 1 aliphatic heterocycles. The molecule has 0 radical (unpaired) electrons. The molecular weight excluding hydrogens is 407 g/mol. The molecule has 0 amide bonds. The number of rotatable bonds is 3. The number of allylic oxidation sites excluding steroid dienone is 1. The smallest absolute Gasteiger partial charge is 0.748 e. The van der Waals surface area contributed by atoms with Gasteiger partial charge in [-0.1, -0.05) is 19.9 Å². The molecular formula is C20H29NaO7S. The van der Waals surface area contributed by atoms with Crippen LogP contribution in [0.15, 0.2) is 11.6 Å².